The number of nitrogens with zero attached hydrogens (tertiary/aromatic N) is 3. The maximum absolute atomic E-state index is 4.31. The Balaban J connectivity index is 2.02. The van der Waals surface area contributed by atoms with Crippen LogP contribution in [-0.2, 0) is 0 Å². The number of aromatic nitrogens is 3. The van der Waals surface area contributed by atoms with Crippen LogP contribution in [0.25, 0.3) is 5.65 Å². The summed E-state index contributed by atoms with van der Waals surface area (Å²) in [5.41, 5.74) is 0.939. The molecule has 0 saturated heterocycles. The minimum atomic E-state index is 0.601. The number of hydrogen-bond donors (Lipinski definition) is 0. The van der Waals surface area contributed by atoms with E-state index in [0.29, 0.717) is 5.92 Å². The second-order valence-corrected chi connectivity index (χ2v) is 4.25. The highest BCUT2D eigenvalue weighted by molar-refractivity contribution is 5.37. The van der Waals surface area contributed by atoms with Crippen molar-refractivity contribution in [3.63, 3.8) is 0 Å². The van der Waals surface area contributed by atoms with Crippen molar-refractivity contribution in [3.05, 3.63) is 30.2 Å². The summed E-state index contributed by atoms with van der Waals surface area (Å²) in [5.74, 6) is 1.73. The second kappa shape index (κ2) is 3.65. The average Bonchev–Trinajstić information content (AvgIpc) is 2.74. The molecular weight excluding hydrogens is 186 g/mol. The molecule has 3 rings (SSSR count). The SMILES string of the molecule is [c]1ccc2nnc(C3CCCCC3)n2c1. The first-order valence-electron chi connectivity index (χ1n) is 5.66. The zero-order valence-electron chi connectivity index (χ0n) is 8.69. The lowest BCUT2D eigenvalue weighted by atomic mass is 9.89. The van der Waals surface area contributed by atoms with Crippen LogP contribution in [0.4, 0.5) is 0 Å². The number of pyridine rings is 1. The molecule has 0 unspecified atom stereocenters. The Morgan fingerprint density at radius 2 is 2.07 bits per heavy atom. The molecule has 2 aromatic rings. The van der Waals surface area contributed by atoms with Crippen LogP contribution in [0.3, 0.4) is 0 Å². The Labute approximate surface area is 89.1 Å². The van der Waals surface area contributed by atoms with Crippen LogP contribution in [0.2, 0.25) is 0 Å². The summed E-state index contributed by atoms with van der Waals surface area (Å²) in [6, 6.07) is 6.93. The van der Waals surface area contributed by atoms with Crippen molar-refractivity contribution in [1.29, 1.82) is 0 Å². The van der Waals surface area contributed by atoms with E-state index in [1.54, 1.807) is 0 Å². The normalized spacial score (nSPS) is 18.4. The highest BCUT2D eigenvalue weighted by atomic mass is 15.2. The van der Waals surface area contributed by atoms with Crippen LogP contribution in [0, 0.1) is 6.07 Å². The topological polar surface area (TPSA) is 30.2 Å². The van der Waals surface area contributed by atoms with E-state index in [2.05, 4.69) is 20.7 Å². The van der Waals surface area contributed by atoms with E-state index in [0.717, 1.165) is 11.5 Å². The Bertz CT molecular complexity index is 455. The van der Waals surface area contributed by atoms with Crippen LogP contribution in [-0.4, -0.2) is 14.6 Å². The molecular formula is C12H14N3. The molecule has 0 aromatic carbocycles. The van der Waals surface area contributed by atoms with Crippen molar-refractivity contribution in [2.24, 2.45) is 0 Å². The highest BCUT2D eigenvalue weighted by Crippen LogP contribution is 2.31. The van der Waals surface area contributed by atoms with Crippen molar-refractivity contribution in [2.75, 3.05) is 0 Å². The van der Waals surface area contributed by atoms with E-state index >= 15 is 0 Å². The summed E-state index contributed by atoms with van der Waals surface area (Å²) in [6.45, 7) is 0. The van der Waals surface area contributed by atoms with Crippen LogP contribution < -0.4 is 0 Å². The van der Waals surface area contributed by atoms with Gasteiger partial charge in [0.2, 0.25) is 0 Å². The van der Waals surface area contributed by atoms with Gasteiger partial charge in [0, 0.05) is 12.1 Å². The van der Waals surface area contributed by atoms with Crippen LogP contribution in [0.15, 0.2) is 18.3 Å². The maximum atomic E-state index is 4.31. The minimum Gasteiger partial charge on any atom is -0.286 e. The van der Waals surface area contributed by atoms with Crippen molar-refractivity contribution in [3.8, 4) is 0 Å². The quantitative estimate of drug-likeness (QED) is 0.708. The van der Waals surface area contributed by atoms with E-state index in [1.807, 2.05) is 18.3 Å². The minimum absolute atomic E-state index is 0.601. The lowest BCUT2D eigenvalue weighted by Gasteiger charge is -2.19. The fourth-order valence-electron chi connectivity index (χ4n) is 2.44. The molecule has 1 saturated carbocycles. The van der Waals surface area contributed by atoms with Gasteiger partial charge in [0.1, 0.15) is 5.82 Å². The van der Waals surface area contributed by atoms with Gasteiger partial charge in [-0.1, -0.05) is 19.3 Å². The number of rotatable bonds is 1. The van der Waals surface area contributed by atoms with E-state index in [9.17, 15) is 0 Å². The molecule has 15 heavy (non-hydrogen) atoms. The van der Waals surface area contributed by atoms with Crippen molar-refractivity contribution in [2.45, 2.75) is 38.0 Å². The molecule has 2 aromatic heterocycles. The van der Waals surface area contributed by atoms with Crippen molar-refractivity contribution < 1.29 is 0 Å². The Hall–Kier alpha value is -1.38. The third-order valence-electron chi connectivity index (χ3n) is 3.25. The van der Waals surface area contributed by atoms with Gasteiger partial charge in [0.05, 0.1) is 0 Å². The molecule has 0 atom stereocenters. The van der Waals surface area contributed by atoms with Gasteiger partial charge in [0.15, 0.2) is 5.65 Å². The Morgan fingerprint density at radius 1 is 1.20 bits per heavy atom. The molecule has 0 spiro atoms. The third-order valence-corrected chi connectivity index (χ3v) is 3.25. The Kier molecular flexibility index (Phi) is 2.16. The summed E-state index contributed by atoms with van der Waals surface area (Å²) < 4.78 is 2.08. The monoisotopic (exact) mass is 200 g/mol. The molecule has 1 aliphatic carbocycles. The summed E-state index contributed by atoms with van der Waals surface area (Å²) >= 11 is 0. The molecule has 3 nitrogen and oxygen atoms in total. The summed E-state index contributed by atoms with van der Waals surface area (Å²) in [7, 11) is 0. The zero-order valence-corrected chi connectivity index (χ0v) is 8.69. The first kappa shape index (κ1) is 8.89. The second-order valence-electron chi connectivity index (χ2n) is 4.25. The smallest absolute Gasteiger partial charge is 0.160 e. The summed E-state index contributed by atoms with van der Waals surface area (Å²) in [5, 5.41) is 8.50. The van der Waals surface area contributed by atoms with Gasteiger partial charge in [-0.3, -0.25) is 4.40 Å². The molecule has 1 aliphatic rings. The molecule has 0 bridgehead atoms. The van der Waals surface area contributed by atoms with Crippen LogP contribution in [0.1, 0.15) is 43.8 Å². The molecule has 1 fully saturated rings. The number of hydrogen-bond acceptors (Lipinski definition) is 2. The fourth-order valence-corrected chi connectivity index (χ4v) is 2.44. The van der Waals surface area contributed by atoms with Gasteiger partial charge in [-0.15, -0.1) is 10.2 Å². The zero-order chi connectivity index (χ0) is 10.1. The predicted octanol–water partition coefficient (Wildman–Crippen LogP) is 2.58. The highest BCUT2D eigenvalue weighted by Gasteiger charge is 2.20. The van der Waals surface area contributed by atoms with Gasteiger partial charge >= 0.3 is 0 Å². The van der Waals surface area contributed by atoms with Crippen LogP contribution in [0.5, 0.6) is 0 Å². The van der Waals surface area contributed by atoms with Crippen molar-refractivity contribution in [1.82, 2.24) is 14.6 Å². The average molecular weight is 200 g/mol. The van der Waals surface area contributed by atoms with Crippen LogP contribution >= 0.6 is 0 Å². The lowest BCUT2D eigenvalue weighted by Crippen LogP contribution is -2.08. The molecule has 0 N–H and O–H groups in total. The molecule has 1 radical (unpaired) electrons. The summed E-state index contributed by atoms with van der Waals surface area (Å²) in [4.78, 5) is 0. The first-order chi connectivity index (χ1) is 7.45. The largest absolute Gasteiger partial charge is 0.286 e. The van der Waals surface area contributed by atoms with E-state index in [4.69, 9.17) is 0 Å². The maximum Gasteiger partial charge on any atom is 0.160 e. The first-order valence-corrected chi connectivity index (χ1v) is 5.66. The molecule has 3 heteroatoms. The molecule has 77 valence electrons. The Morgan fingerprint density at radius 3 is 2.93 bits per heavy atom. The fraction of sp³-hybridized carbons (Fsp3) is 0.500. The van der Waals surface area contributed by atoms with Crippen molar-refractivity contribution >= 4 is 5.65 Å². The summed E-state index contributed by atoms with van der Waals surface area (Å²) in [6.07, 6.45) is 8.50. The van der Waals surface area contributed by atoms with E-state index < -0.39 is 0 Å². The number of fused-ring (bicyclic) bond motifs is 1. The van der Waals surface area contributed by atoms with Gasteiger partial charge in [-0.05, 0) is 31.0 Å². The van der Waals surface area contributed by atoms with Gasteiger partial charge < -0.3 is 0 Å². The molecule has 0 amide bonds. The van der Waals surface area contributed by atoms with Gasteiger partial charge in [-0.25, -0.2) is 0 Å². The third kappa shape index (κ3) is 1.52. The van der Waals surface area contributed by atoms with E-state index in [-0.39, 0.29) is 0 Å². The van der Waals surface area contributed by atoms with Gasteiger partial charge in [0.25, 0.3) is 0 Å². The predicted molar refractivity (Wildman–Crippen MR) is 57.6 cm³/mol. The van der Waals surface area contributed by atoms with Gasteiger partial charge in [-0.2, -0.15) is 0 Å². The lowest BCUT2D eigenvalue weighted by molar-refractivity contribution is 0.426. The molecule has 0 aliphatic heterocycles. The standard InChI is InChI=1S/C12H14N3/c1-2-6-10(7-3-1)12-14-13-11-8-4-5-9-15(11)12/h4,8-10H,1-3,6-7H2. The van der Waals surface area contributed by atoms with E-state index in [1.165, 1.54) is 32.1 Å². The molecule has 2 heterocycles.